The van der Waals surface area contributed by atoms with Gasteiger partial charge in [0.25, 0.3) is 0 Å². The molecule has 0 aromatic rings. The van der Waals surface area contributed by atoms with Crippen molar-refractivity contribution in [3.8, 4) is 0 Å². The summed E-state index contributed by atoms with van der Waals surface area (Å²) in [5, 5.41) is 9.01. The van der Waals surface area contributed by atoms with Gasteiger partial charge in [0.2, 0.25) is 0 Å². The summed E-state index contributed by atoms with van der Waals surface area (Å²) in [5.41, 5.74) is 0. The Hall–Kier alpha value is -0.160. The lowest BCUT2D eigenvalue weighted by Gasteiger charge is -2.12. The van der Waals surface area contributed by atoms with Gasteiger partial charge in [-0.05, 0) is 0 Å². The lowest BCUT2D eigenvalue weighted by atomic mass is 10.3. The molecule has 1 N–H and O–H groups in total. The molecule has 10 heavy (non-hydrogen) atoms. The van der Waals surface area contributed by atoms with E-state index in [1.54, 1.807) is 7.11 Å². The van der Waals surface area contributed by atoms with E-state index >= 15 is 0 Å². The molecule has 1 fully saturated rings. The zero-order valence-corrected chi connectivity index (χ0v) is 5.95. The van der Waals surface area contributed by atoms with Gasteiger partial charge in [-0.2, -0.15) is 0 Å². The fraction of sp³-hybridized carbons (Fsp3) is 1.00. The van der Waals surface area contributed by atoms with Crippen LogP contribution in [0.25, 0.3) is 0 Å². The van der Waals surface area contributed by atoms with Gasteiger partial charge in [0.15, 0.2) is 6.29 Å². The van der Waals surface area contributed by atoms with Gasteiger partial charge in [-0.15, -0.1) is 0 Å². The van der Waals surface area contributed by atoms with Crippen LogP contribution in [0, 0.1) is 0 Å². The van der Waals surface area contributed by atoms with Gasteiger partial charge in [-0.3, -0.25) is 0 Å². The second-order valence-corrected chi connectivity index (χ2v) is 2.16. The second-order valence-electron chi connectivity index (χ2n) is 2.16. The zero-order valence-electron chi connectivity index (χ0n) is 5.95. The van der Waals surface area contributed by atoms with E-state index in [0.29, 0.717) is 6.61 Å². The zero-order chi connectivity index (χ0) is 7.40. The van der Waals surface area contributed by atoms with E-state index in [4.69, 9.17) is 14.6 Å². The normalized spacial score (nSPS) is 33.0. The first-order chi connectivity index (χ1) is 4.84. The van der Waals surface area contributed by atoms with Crippen LogP contribution in [-0.2, 0) is 14.2 Å². The van der Waals surface area contributed by atoms with E-state index in [-0.39, 0.29) is 12.9 Å². The highest BCUT2D eigenvalue weighted by Crippen LogP contribution is 2.13. The Balaban J connectivity index is 2.14. The van der Waals surface area contributed by atoms with Gasteiger partial charge in [0.1, 0.15) is 12.9 Å². The Labute approximate surface area is 59.7 Å². The van der Waals surface area contributed by atoms with E-state index in [2.05, 4.69) is 4.74 Å². The highest BCUT2D eigenvalue weighted by molar-refractivity contribution is 4.66. The van der Waals surface area contributed by atoms with Gasteiger partial charge in [-0.25, -0.2) is 0 Å². The van der Waals surface area contributed by atoms with Crippen LogP contribution >= 0.6 is 0 Å². The van der Waals surface area contributed by atoms with Gasteiger partial charge in [0, 0.05) is 13.5 Å². The highest BCUT2D eigenvalue weighted by Gasteiger charge is 2.26. The van der Waals surface area contributed by atoms with Crippen LogP contribution < -0.4 is 0 Å². The minimum Gasteiger partial charge on any atom is -0.366 e. The van der Waals surface area contributed by atoms with Gasteiger partial charge in [0.05, 0.1) is 6.61 Å². The maximum absolute atomic E-state index is 9.01. The predicted molar refractivity (Wildman–Crippen MR) is 33.3 cm³/mol. The first-order valence-electron chi connectivity index (χ1n) is 3.25. The van der Waals surface area contributed by atoms with Crippen molar-refractivity contribution in [2.24, 2.45) is 0 Å². The van der Waals surface area contributed by atoms with Gasteiger partial charge < -0.3 is 19.3 Å². The molecule has 60 valence electrons. The molecule has 1 aliphatic rings. The third-order valence-corrected chi connectivity index (χ3v) is 1.41. The molecule has 0 aromatic heterocycles. The van der Waals surface area contributed by atoms with Crippen molar-refractivity contribution in [1.29, 1.82) is 0 Å². The summed E-state index contributed by atoms with van der Waals surface area (Å²) >= 11 is 0. The number of ether oxygens (including phenoxy) is 3. The van der Waals surface area contributed by atoms with Crippen molar-refractivity contribution in [1.82, 2.24) is 0 Å². The van der Waals surface area contributed by atoms with Crippen molar-refractivity contribution < 1.29 is 19.3 Å². The Morgan fingerprint density at radius 1 is 1.70 bits per heavy atom. The number of hydrogen-bond acceptors (Lipinski definition) is 4. The smallest absolute Gasteiger partial charge is 0.181 e. The molecule has 0 aliphatic carbocycles. The van der Waals surface area contributed by atoms with E-state index in [0.717, 1.165) is 6.42 Å². The molecule has 4 nitrogen and oxygen atoms in total. The number of rotatable bonds is 3. The highest BCUT2D eigenvalue weighted by atomic mass is 16.7. The fourth-order valence-corrected chi connectivity index (χ4v) is 0.876. The fourth-order valence-electron chi connectivity index (χ4n) is 0.876. The maximum Gasteiger partial charge on any atom is 0.181 e. The number of aliphatic hydroxyl groups is 1. The Morgan fingerprint density at radius 2 is 2.50 bits per heavy atom. The average Bonchev–Trinajstić information content (AvgIpc) is 2.31. The minimum absolute atomic E-state index is 0.208. The van der Waals surface area contributed by atoms with E-state index < -0.39 is 6.29 Å². The molecule has 0 saturated carbocycles. The molecule has 2 atom stereocenters. The first-order valence-corrected chi connectivity index (χ1v) is 3.25. The summed E-state index contributed by atoms with van der Waals surface area (Å²) in [5.74, 6) is 0. The third kappa shape index (κ3) is 1.91. The SMILES string of the molecule is COCO[C@@H]1CCOC1O. The van der Waals surface area contributed by atoms with Gasteiger partial charge in [-0.1, -0.05) is 0 Å². The predicted octanol–water partition coefficient (Wildman–Crippen LogP) is -0.286. The Bertz CT molecular complexity index is 95.7. The number of aliphatic hydroxyl groups excluding tert-OH is 1. The van der Waals surface area contributed by atoms with Crippen LogP contribution in [0.3, 0.4) is 0 Å². The standard InChI is InChI=1S/C6H12O4/c1-8-4-10-5-2-3-9-6(5)7/h5-7H,2-4H2,1H3/t5-,6?/m1/s1. The molecule has 1 heterocycles. The lowest BCUT2D eigenvalue weighted by molar-refractivity contribution is -0.158. The first kappa shape index (κ1) is 7.94. The molecule has 1 unspecified atom stereocenters. The van der Waals surface area contributed by atoms with Crippen molar-refractivity contribution in [2.45, 2.75) is 18.8 Å². The molecular weight excluding hydrogens is 136 g/mol. The Kier molecular flexibility index (Phi) is 3.08. The van der Waals surface area contributed by atoms with Crippen molar-refractivity contribution in [3.05, 3.63) is 0 Å². The molecule has 1 rings (SSSR count). The summed E-state index contributed by atoms with van der Waals surface area (Å²) < 4.78 is 14.6. The molecule has 0 spiro atoms. The van der Waals surface area contributed by atoms with Crippen LogP contribution in [-0.4, -0.2) is 38.0 Å². The van der Waals surface area contributed by atoms with E-state index in [1.807, 2.05) is 0 Å². The summed E-state index contributed by atoms with van der Waals surface area (Å²) in [4.78, 5) is 0. The topological polar surface area (TPSA) is 47.9 Å². The van der Waals surface area contributed by atoms with E-state index in [1.165, 1.54) is 0 Å². The van der Waals surface area contributed by atoms with Crippen molar-refractivity contribution in [3.63, 3.8) is 0 Å². The largest absolute Gasteiger partial charge is 0.366 e. The maximum atomic E-state index is 9.01. The van der Waals surface area contributed by atoms with E-state index in [9.17, 15) is 0 Å². The van der Waals surface area contributed by atoms with Crippen LogP contribution in [0.1, 0.15) is 6.42 Å². The molecule has 4 heteroatoms. The average molecular weight is 148 g/mol. The lowest BCUT2D eigenvalue weighted by Crippen LogP contribution is -2.24. The monoisotopic (exact) mass is 148 g/mol. The molecule has 0 radical (unpaired) electrons. The van der Waals surface area contributed by atoms with Crippen LogP contribution in [0.4, 0.5) is 0 Å². The molecule has 0 aromatic carbocycles. The van der Waals surface area contributed by atoms with Gasteiger partial charge >= 0.3 is 0 Å². The molecular formula is C6H12O4. The van der Waals surface area contributed by atoms with Crippen molar-refractivity contribution >= 4 is 0 Å². The molecule has 1 saturated heterocycles. The minimum atomic E-state index is -0.768. The second kappa shape index (κ2) is 3.88. The summed E-state index contributed by atoms with van der Waals surface area (Å²) in [7, 11) is 1.54. The van der Waals surface area contributed by atoms with Crippen LogP contribution in [0.2, 0.25) is 0 Å². The summed E-state index contributed by atoms with van der Waals surface area (Å²) in [6.45, 7) is 0.778. The molecule has 1 aliphatic heterocycles. The molecule has 0 amide bonds. The van der Waals surface area contributed by atoms with Crippen LogP contribution in [0.5, 0.6) is 0 Å². The molecule has 0 bridgehead atoms. The Morgan fingerprint density at radius 3 is 3.00 bits per heavy atom. The number of hydrogen-bond donors (Lipinski definition) is 1. The van der Waals surface area contributed by atoms with Crippen LogP contribution in [0.15, 0.2) is 0 Å². The summed E-state index contributed by atoms with van der Waals surface area (Å²) in [6.07, 6.45) is -0.236. The summed E-state index contributed by atoms with van der Waals surface area (Å²) in [6, 6.07) is 0. The van der Waals surface area contributed by atoms with Crippen molar-refractivity contribution in [2.75, 3.05) is 20.5 Å². The quantitative estimate of drug-likeness (QED) is 0.559. The third-order valence-electron chi connectivity index (χ3n) is 1.41. The number of methoxy groups -OCH3 is 1.